The van der Waals surface area contributed by atoms with Gasteiger partial charge in [-0.15, -0.1) is 0 Å². The lowest BCUT2D eigenvalue weighted by molar-refractivity contribution is 0.0998. The summed E-state index contributed by atoms with van der Waals surface area (Å²) in [6.45, 7) is 5.48. The van der Waals surface area contributed by atoms with Gasteiger partial charge in [-0.25, -0.2) is 4.39 Å². The average Bonchev–Trinajstić information content (AvgIpc) is 2.90. The van der Waals surface area contributed by atoms with Crippen LogP contribution in [0.4, 0.5) is 4.39 Å². The van der Waals surface area contributed by atoms with Crippen molar-refractivity contribution in [2.24, 2.45) is 4.99 Å². The van der Waals surface area contributed by atoms with Crippen molar-refractivity contribution in [3.05, 3.63) is 64.4 Å². The van der Waals surface area contributed by atoms with Crippen molar-refractivity contribution in [2.45, 2.75) is 25.1 Å². The zero-order valence-electron chi connectivity index (χ0n) is 15.3. The van der Waals surface area contributed by atoms with Gasteiger partial charge in [0.15, 0.2) is 5.17 Å². The quantitative estimate of drug-likeness (QED) is 0.715. The minimum atomic E-state index is -0.404. The molecule has 1 aliphatic rings. The number of nitrogens with zero attached hydrogens (tertiary/aromatic N) is 2. The van der Waals surface area contributed by atoms with Crippen LogP contribution in [0, 0.1) is 5.82 Å². The molecule has 3 rings (SSSR count). The number of amidine groups is 1. The van der Waals surface area contributed by atoms with Gasteiger partial charge < -0.3 is 9.64 Å². The molecule has 142 valence electrons. The Kier molecular flexibility index (Phi) is 5.77. The lowest BCUT2D eigenvalue weighted by Gasteiger charge is -2.19. The Bertz CT molecular complexity index is 884. The molecule has 0 atom stereocenters. The van der Waals surface area contributed by atoms with Gasteiger partial charge in [-0.3, -0.25) is 4.79 Å². The number of aliphatic imine (C=N–C) groups is 1. The van der Waals surface area contributed by atoms with Gasteiger partial charge in [-0.05, 0) is 49.7 Å². The first-order valence-corrected chi connectivity index (χ1v) is 9.62. The second-order valence-corrected chi connectivity index (χ2v) is 9.00. The van der Waals surface area contributed by atoms with E-state index in [4.69, 9.17) is 16.3 Å². The third-order valence-corrected chi connectivity index (χ3v) is 5.53. The number of hydrogen-bond acceptors (Lipinski definition) is 3. The van der Waals surface area contributed by atoms with E-state index in [1.807, 2.05) is 4.90 Å². The summed E-state index contributed by atoms with van der Waals surface area (Å²) < 4.78 is 18.3. The average molecular weight is 407 g/mol. The number of thioether (sulfide) groups is 1. The first-order valence-electron chi connectivity index (χ1n) is 8.42. The fourth-order valence-electron chi connectivity index (χ4n) is 2.89. The fraction of sp³-hybridized carbons (Fsp3) is 0.300. The number of benzene rings is 2. The fourth-order valence-corrected chi connectivity index (χ4v) is 4.17. The van der Waals surface area contributed by atoms with Gasteiger partial charge >= 0.3 is 0 Å². The van der Waals surface area contributed by atoms with Crippen LogP contribution in [0.2, 0.25) is 5.02 Å². The molecule has 1 fully saturated rings. The second-order valence-electron chi connectivity index (χ2n) is 6.89. The molecule has 4 nitrogen and oxygen atoms in total. The van der Waals surface area contributed by atoms with Gasteiger partial charge in [-0.1, -0.05) is 35.5 Å². The Morgan fingerprint density at radius 3 is 2.67 bits per heavy atom. The maximum Gasteiger partial charge on any atom is 0.283 e. The van der Waals surface area contributed by atoms with Crippen molar-refractivity contribution in [1.29, 1.82) is 0 Å². The minimum absolute atomic E-state index is 0.0858. The summed E-state index contributed by atoms with van der Waals surface area (Å²) in [6.07, 6.45) is 0. The molecule has 0 saturated carbocycles. The highest BCUT2D eigenvalue weighted by Crippen LogP contribution is 2.37. The minimum Gasteiger partial charge on any atom is -0.496 e. The van der Waals surface area contributed by atoms with E-state index in [0.717, 1.165) is 12.1 Å². The van der Waals surface area contributed by atoms with Crippen LogP contribution in [0.3, 0.4) is 0 Å². The van der Waals surface area contributed by atoms with E-state index >= 15 is 0 Å². The molecule has 0 bridgehead atoms. The van der Waals surface area contributed by atoms with Crippen molar-refractivity contribution >= 4 is 34.4 Å². The summed E-state index contributed by atoms with van der Waals surface area (Å²) in [5.41, 5.74) is 1.28. The molecule has 1 amide bonds. The first kappa shape index (κ1) is 19.7. The molecule has 27 heavy (non-hydrogen) atoms. The molecule has 0 aliphatic carbocycles. The largest absolute Gasteiger partial charge is 0.496 e. The summed E-state index contributed by atoms with van der Waals surface area (Å²) in [4.78, 5) is 19.1. The summed E-state index contributed by atoms with van der Waals surface area (Å²) >= 11 is 7.57. The predicted molar refractivity (Wildman–Crippen MR) is 108 cm³/mol. The van der Waals surface area contributed by atoms with E-state index in [1.165, 1.54) is 19.2 Å². The molecule has 2 aromatic rings. The summed E-state index contributed by atoms with van der Waals surface area (Å²) in [6, 6.07) is 11.2. The van der Waals surface area contributed by atoms with Crippen molar-refractivity contribution in [2.75, 3.05) is 13.7 Å². The highest BCUT2D eigenvalue weighted by molar-refractivity contribution is 8.15. The number of halogens is 2. The lowest BCUT2D eigenvalue weighted by atomic mass is 10.1. The van der Waals surface area contributed by atoms with Crippen LogP contribution in [0.1, 0.15) is 29.8 Å². The van der Waals surface area contributed by atoms with Gasteiger partial charge in [-0.2, -0.15) is 4.99 Å². The number of hydrogen-bond donors (Lipinski definition) is 0. The monoisotopic (exact) mass is 406 g/mol. The second kappa shape index (κ2) is 7.90. The predicted octanol–water partition coefficient (Wildman–Crippen LogP) is 5.01. The van der Waals surface area contributed by atoms with Gasteiger partial charge in [0.05, 0.1) is 12.7 Å². The standard InChI is InChI=1S/C20H20ClFN2O2S/c1-20(2)12-24(11-13-4-7-15(22)8-5-13)19(27-20)23-18(25)16-10-14(21)6-9-17(16)26-3/h4-10H,11-12H2,1-3H3. The summed E-state index contributed by atoms with van der Waals surface area (Å²) in [5, 5.41) is 1.08. The molecule has 1 aliphatic heterocycles. The van der Waals surface area contributed by atoms with E-state index in [9.17, 15) is 9.18 Å². The zero-order chi connectivity index (χ0) is 19.6. The van der Waals surface area contributed by atoms with Crippen molar-refractivity contribution in [3.63, 3.8) is 0 Å². The molecule has 0 radical (unpaired) electrons. The van der Waals surface area contributed by atoms with Crippen LogP contribution in [-0.4, -0.2) is 34.4 Å². The van der Waals surface area contributed by atoms with E-state index in [-0.39, 0.29) is 10.6 Å². The Labute approximate surface area is 167 Å². The topological polar surface area (TPSA) is 41.9 Å². The zero-order valence-corrected chi connectivity index (χ0v) is 16.9. The van der Waals surface area contributed by atoms with Crippen LogP contribution in [0.25, 0.3) is 0 Å². The van der Waals surface area contributed by atoms with Crippen molar-refractivity contribution in [1.82, 2.24) is 4.90 Å². The number of amides is 1. The van der Waals surface area contributed by atoms with E-state index in [0.29, 0.717) is 28.0 Å². The van der Waals surface area contributed by atoms with Crippen molar-refractivity contribution < 1.29 is 13.9 Å². The number of carbonyl (C=O) groups excluding carboxylic acids is 1. The van der Waals surface area contributed by atoms with Crippen LogP contribution >= 0.6 is 23.4 Å². The van der Waals surface area contributed by atoms with Crippen LogP contribution in [-0.2, 0) is 6.54 Å². The maximum absolute atomic E-state index is 13.2. The van der Waals surface area contributed by atoms with Gasteiger partial charge in [0.25, 0.3) is 5.91 Å². The Morgan fingerprint density at radius 2 is 2.00 bits per heavy atom. The molecule has 0 unspecified atom stereocenters. The van der Waals surface area contributed by atoms with Crippen LogP contribution < -0.4 is 4.74 Å². The van der Waals surface area contributed by atoms with Crippen LogP contribution in [0.15, 0.2) is 47.5 Å². The number of rotatable bonds is 4. The van der Waals surface area contributed by atoms with Gasteiger partial charge in [0.2, 0.25) is 0 Å². The first-order chi connectivity index (χ1) is 12.8. The summed E-state index contributed by atoms with van der Waals surface area (Å²) in [7, 11) is 1.50. The smallest absolute Gasteiger partial charge is 0.283 e. The number of methoxy groups -OCH3 is 1. The highest BCUT2D eigenvalue weighted by atomic mass is 35.5. The van der Waals surface area contributed by atoms with Gasteiger partial charge in [0.1, 0.15) is 11.6 Å². The Balaban J connectivity index is 1.88. The Hall–Kier alpha value is -2.05. The van der Waals surface area contributed by atoms with E-state index in [2.05, 4.69) is 18.8 Å². The number of ether oxygens (including phenoxy) is 1. The van der Waals surface area contributed by atoms with Crippen LogP contribution in [0.5, 0.6) is 5.75 Å². The molecule has 0 aromatic heterocycles. The molecule has 1 heterocycles. The van der Waals surface area contributed by atoms with E-state index < -0.39 is 5.91 Å². The normalized spacial score (nSPS) is 17.4. The highest BCUT2D eigenvalue weighted by Gasteiger charge is 2.35. The molecular weight excluding hydrogens is 387 g/mol. The molecule has 1 saturated heterocycles. The van der Waals surface area contributed by atoms with E-state index in [1.54, 1.807) is 42.1 Å². The van der Waals surface area contributed by atoms with Crippen molar-refractivity contribution in [3.8, 4) is 5.75 Å². The summed E-state index contributed by atoms with van der Waals surface area (Å²) in [5.74, 6) is -0.244. The SMILES string of the molecule is COc1ccc(Cl)cc1C(=O)N=C1SC(C)(C)CN1Cc1ccc(F)cc1. The molecule has 0 N–H and O–H groups in total. The van der Waals surface area contributed by atoms with Gasteiger partial charge in [0, 0.05) is 22.9 Å². The Morgan fingerprint density at radius 1 is 1.30 bits per heavy atom. The lowest BCUT2D eigenvalue weighted by Crippen LogP contribution is -2.28. The third kappa shape index (κ3) is 4.82. The third-order valence-electron chi connectivity index (χ3n) is 4.09. The molecule has 2 aromatic carbocycles. The molecule has 0 spiro atoms. The molecule has 7 heteroatoms. The molecular formula is C20H20ClFN2O2S. The maximum atomic E-state index is 13.2. The number of carbonyl (C=O) groups is 1.